The van der Waals surface area contributed by atoms with E-state index in [1.807, 2.05) is 5.32 Å². The van der Waals surface area contributed by atoms with Gasteiger partial charge in [0.1, 0.15) is 18.1 Å². The summed E-state index contributed by atoms with van der Waals surface area (Å²) >= 11 is 7.58. The molecule has 0 rings (SSSR count). The Morgan fingerprint density at radius 1 is 0.759 bits per heavy atom. The van der Waals surface area contributed by atoms with E-state index in [-0.39, 0.29) is 11.5 Å². The number of rotatable bonds is 13. The molecular formula is C14H23N5O8S2. The lowest BCUT2D eigenvalue weighted by atomic mass is 10.1. The molecule has 0 saturated heterocycles. The SMILES string of the molecule is NC(=O)CC(NC(=O)C(N)CS)C(=O)NC(CC(=O)O)C(=O)NC(CS)C(=O)O. The Hall–Kier alpha value is -2.52. The van der Waals surface area contributed by atoms with E-state index >= 15 is 0 Å². The molecule has 4 unspecified atom stereocenters. The molecule has 0 aromatic carbocycles. The second kappa shape index (κ2) is 12.8. The van der Waals surface area contributed by atoms with Gasteiger partial charge in [0.25, 0.3) is 0 Å². The molecule has 9 N–H and O–H groups in total. The van der Waals surface area contributed by atoms with Crippen LogP contribution in [0.15, 0.2) is 0 Å². The Labute approximate surface area is 176 Å². The molecule has 0 radical (unpaired) electrons. The highest BCUT2D eigenvalue weighted by atomic mass is 32.1. The van der Waals surface area contributed by atoms with Gasteiger partial charge in [-0.2, -0.15) is 25.3 Å². The molecule has 0 saturated carbocycles. The Kier molecular flexibility index (Phi) is 11.7. The zero-order valence-corrected chi connectivity index (χ0v) is 16.8. The van der Waals surface area contributed by atoms with Crippen LogP contribution in [-0.4, -0.2) is 81.5 Å². The Morgan fingerprint density at radius 2 is 1.21 bits per heavy atom. The van der Waals surface area contributed by atoms with E-state index in [0.29, 0.717) is 0 Å². The molecule has 15 heteroatoms. The fourth-order valence-electron chi connectivity index (χ4n) is 1.89. The third-order valence-electron chi connectivity index (χ3n) is 3.38. The predicted molar refractivity (Wildman–Crippen MR) is 105 cm³/mol. The third kappa shape index (κ3) is 10.00. The summed E-state index contributed by atoms with van der Waals surface area (Å²) in [7, 11) is 0. The Balaban J connectivity index is 5.42. The zero-order valence-electron chi connectivity index (χ0n) is 15.0. The van der Waals surface area contributed by atoms with E-state index in [1.54, 1.807) is 0 Å². The third-order valence-corrected chi connectivity index (χ3v) is 4.14. The summed E-state index contributed by atoms with van der Waals surface area (Å²) in [6.07, 6.45) is -1.56. The van der Waals surface area contributed by atoms with Gasteiger partial charge in [0.05, 0.1) is 18.9 Å². The number of primary amides is 1. The quantitative estimate of drug-likeness (QED) is 0.124. The van der Waals surface area contributed by atoms with Crippen molar-refractivity contribution < 1.29 is 39.0 Å². The molecule has 4 amide bonds. The average molecular weight is 453 g/mol. The van der Waals surface area contributed by atoms with Crippen LogP contribution in [0.1, 0.15) is 12.8 Å². The van der Waals surface area contributed by atoms with Gasteiger partial charge in [-0.3, -0.25) is 24.0 Å². The number of aliphatic carboxylic acids is 2. The van der Waals surface area contributed by atoms with Crippen molar-refractivity contribution in [3.05, 3.63) is 0 Å². The van der Waals surface area contributed by atoms with Crippen molar-refractivity contribution in [1.29, 1.82) is 0 Å². The fourth-order valence-corrected chi connectivity index (χ4v) is 2.30. The molecule has 0 aliphatic heterocycles. The highest BCUT2D eigenvalue weighted by Gasteiger charge is 2.31. The van der Waals surface area contributed by atoms with Gasteiger partial charge in [0.15, 0.2) is 0 Å². The highest BCUT2D eigenvalue weighted by molar-refractivity contribution is 7.80. The Morgan fingerprint density at radius 3 is 1.59 bits per heavy atom. The van der Waals surface area contributed by atoms with Crippen LogP contribution >= 0.6 is 25.3 Å². The minimum absolute atomic E-state index is 0.0684. The zero-order chi connectivity index (χ0) is 22.7. The number of carbonyl (C=O) groups excluding carboxylic acids is 4. The molecule has 0 aliphatic rings. The topological polar surface area (TPSA) is 231 Å². The molecular weight excluding hydrogens is 430 g/mol. The number of carboxylic acid groups (broad SMARTS) is 2. The first-order valence-corrected chi connectivity index (χ1v) is 9.30. The summed E-state index contributed by atoms with van der Waals surface area (Å²) in [4.78, 5) is 69.7. The molecule has 0 fully saturated rings. The molecule has 0 aliphatic carbocycles. The molecule has 0 aromatic rings. The van der Waals surface area contributed by atoms with Gasteiger partial charge in [-0.1, -0.05) is 0 Å². The second-order valence-electron chi connectivity index (χ2n) is 5.76. The number of hydrogen-bond donors (Lipinski definition) is 9. The second-order valence-corrected chi connectivity index (χ2v) is 6.49. The van der Waals surface area contributed by atoms with Gasteiger partial charge >= 0.3 is 11.9 Å². The molecule has 13 nitrogen and oxygen atoms in total. The summed E-state index contributed by atoms with van der Waals surface area (Å²) < 4.78 is 0. The molecule has 0 spiro atoms. The molecule has 0 heterocycles. The largest absolute Gasteiger partial charge is 0.481 e. The maximum absolute atomic E-state index is 12.4. The van der Waals surface area contributed by atoms with Crippen molar-refractivity contribution in [3.63, 3.8) is 0 Å². The standard InChI is InChI=1S/C14H23N5O8S2/c15-5(3-28)11(23)17-6(1-9(16)20)12(24)18-7(2-10(21)22)13(25)19-8(4-29)14(26)27/h5-8,28-29H,1-4,15H2,(H2,16,20)(H,17,23)(H,18,24)(H,19,25)(H,21,22)(H,26,27). The predicted octanol–water partition coefficient (Wildman–Crippen LogP) is -3.94. The number of carbonyl (C=O) groups is 6. The van der Waals surface area contributed by atoms with Crippen molar-refractivity contribution >= 4 is 60.8 Å². The van der Waals surface area contributed by atoms with E-state index in [2.05, 4.69) is 35.9 Å². The first-order chi connectivity index (χ1) is 13.4. The molecule has 4 atom stereocenters. The number of thiol groups is 2. The van der Waals surface area contributed by atoms with E-state index in [9.17, 15) is 28.8 Å². The van der Waals surface area contributed by atoms with Gasteiger partial charge in [0.2, 0.25) is 23.6 Å². The van der Waals surface area contributed by atoms with Crippen molar-refractivity contribution in [2.75, 3.05) is 11.5 Å². The highest BCUT2D eigenvalue weighted by Crippen LogP contribution is 2.01. The van der Waals surface area contributed by atoms with Gasteiger partial charge in [-0.05, 0) is 0 Å². The first kappa shape index (κ1) is 26.5. The van der Waals surface area contributed by atoms with Crippen LogP contribution in [-0.2, 0) is 28.8 Å². The minimum Gasteiger partial charge on any atom is -0.481 e. The van der Waals surface area contributed by atoms with Gasteiger partial charge in [-0.25, -0.2) is 4.79 Å². The average Bonchev–Trinajstić information content (AvgIpc) is 2.62. The van der Waals surface area contributed by atoms with E-state index in [0.717, 1.165) is 0 Å². The van der Waals surface area contributed by atoms with Crippen LogP contribution in [0, 0.1) is 0 Å². The van der Waals surface area contributed by atoms with Gasteiger partial charge < -0.3 is 37.6 Å². The summed E-state index contributed by atoms with van der Waals surface area (Å²) in [6, 6.07) is -5.79. The van der Waals surface area contributed by atoms with Crippen molar-refractivity contribution in [2.45, 2.75) is 37.0 Å². The molecule has 164 valence electrons. The molecule has 0 aromatic heterocycles. The summed E-state index contributed by atoms with van der Waals surface area (Å²) in [5.74, 6) is -7.27. The van der Waals surface area contributed by atoms with E-state index < -0.39 is 72.6 Å². The van der Waals surface area contributed by atoms with Crippen LogP contribution < -0.4 is 27.4 Å². The van der Waals surface area contributed by atoms with Crippen molar-refractivity contribution in [2.24, 2.45) is 11.5 Å². The van der Waals surface area contributed by atoms with Gasteiger partial charge in [0, 0.05) is 11.5 Å². The number of carboxylic acids is 2. The lowest BCUT2D eigenvalue weighted by Gasteiger charge is -2.23. The first-order valence-electron chi connectivity index (χ1n) is 8.04. The van der Waals surface area contributed by atoms with Gasteiger partial charge in [-0.15, -0.1) is 0 Å². The maximum Gasteiger partial charge on any atom is 0.327 e. The smallest absolute Gasteiger partial charge is 0.327 e. The number of hydrogen-bond acceptors (Lipinski definition) is 9. The van der Waals surface area contributed by atoms with Crippen molar-refractivity contribution in [1.82, 2.24) is 16.0 Å². The van der Waals surface area contributed by atoms with Crippen LogP contribution in [0.3, 0.4) is 0 Å². The Bertz CT molecular complexity index is 662. The van der Waals surface area contributed by atoms with Crippen LogP contribution in [0.2, 0.25) is 0 Å². The van der Waals surface area contributed by atoms with E-state index in [1.165, 1.54) is 0 Å². The summed E-state index contributed by atoms with van der Waals surface area (Å²) in [6.45, 7) is 0. The van der Waals surface area contributed by atoms with Crippen molar-refractivity contribution in [3.8, 4) is 0 Å². The maximum atomic E-state index is 12.4. The van der Waals surface area contributed by atoms with Crippen LogP contribution in [0.25, 0.3) is 0 Å². The summed E-state index contributed by atoms with van der Waals surface area (Å²) in [5, 5.41) is 24.1. The lowest BCUT2D eigenvalue weighted by Crippen LogP contribution is -2.58. The molecule has 0 bridgehead atoms. The fraction of sp³-hybridized carbons (Fsp3) is 0.571. The molecule has 29 heavy (non-hydrogen) atoms. The summed E-state index contributed by atoms with van der Waals surface area (Å²) in [5.41, 5.74) is 10.5. The number of nitrogens with one attached hydrogen (secondary N) is 3. The minimum atomic E-state index is -1.70. The lowest BCUT2D eigenvalue weighted by molar-refractivity contribution is -0.143. The number of nitrogens with two attached hydrogens (primary N) is 2. The van der Waals surface area contributed by atoms with Crippen LogP contribution in [0.4, 0.5) is 0 Å². The van der Waals surface area contributed by atoms with E-state index in [4.69, 9.17) is 21.7 Å². The van der Waals surface area contributed by atoms with Crippen LogP contribution in [0.5, 0.6) is 0 Å². The normalized spacial score (nSPS) is 14.6. The number of amides is 4. The monoisotopic (exact) mass is 453 g/mol.